The molecule has 4 nitrogen and oxygen atoms in total. The molecule has 1 aromatic rings. The molecule has 0 bridgehead atoms. The maximum atomic E-state index is 10.5. The molecule has 0 saturated carbocycles. The van der Waals surface area contributed by atoms with Gasteiger partial charge in [-0.15, -0.1) is 0 Å². The van der Waals surface area contributed by atoms with E-state index in [-0.39, 0.29) is 11.2 Å². The van der Waals surface area contributed by atoms with E-state index in [1.807, 2.05) is 13.8 Å². The van der Waals surface area contributed by atoms with Gasteiger partial charge in [0.25, 0.3) is 0 Å². The van der Waals surface area contributed by atoms with Crippen LogP contribution in [0, 0.1) is 0 Å². The van der Waals surface area contributed by atoms with E-state index in [0.29, 0.717) is 6.42 Å². The van der Waals surface area contributed by atoms with Gasteiger partial charge in [0.1, 0.15) is 0 Å². The molecular weight excluding hydrogens is 144 g/mol. The number of H-pyrrole nitrogens is 1. The van der Waals surface area contributed by atoms with Gasteiger partial charge in [0.15, 0.2) is 0 Å². The molecule has 0 aromatic carbocycles. The van der Waals surface area contributed by atoms with E-state index in [0.717, 1.165) is 5.69 Å². The van der Waals surface area contributed by atoms with Gasteiger partial charge in [-0.2, -0.15) is 0 Å². The average Bonchev–Trinajstić information content (AvgIpc) is 2.10. The summed E-state index contributed by atoms with van der Waals surface area (Å²) in [5, 5.41) is 2.49. The van der Waals surface area contributed by atoms with Crippen LogP contribution in [-0.2, 0) is 6.42 Å². The number of aromatic nitrogens is 1. The van der Waals surface area contributed by atoms with Crippen molar-refractivity contribution in [2.75, 3.05) is 0 Å². The third-order valence-corrected chi connectivity index (χ3v) is 1.22. The van der Waals surface area contributed by atoms with Crippen LogP contribution in [0.1, 0.15) is 19.5 Å². The molecule has 1 heterocycles. The van der Waals surface area contributed by atoms with Crippen molar-refractivity contribution in [2.24, 2.45) is 5.73 Å². The summed E-state index contributed by atoms with van der Waals surface area (Å²) in [5.74, 6) is 0. The van der Waals surface area contributed by atoms with Crippen LogP contribution in [0.4, 0.5) is 0 Å². The third-order valence-electron chi connectivity index (χ3n) is 1.22. The van der Waals surface area contributed by atoms with Crippen molar-refractivity contribution in [1.29, 1.82) is 0 Å². The molecule has 4 heteroatoms. The van der Waals surface area contributed by atoms with E-state index in [1.54, 1.807) is 0 Å². The lowest BCUT2D eigenvalue weighted by molar-refractivity contribution is 0.377. The molecule has 1 aromatic heterocycles. The van der Waals surface area contributed by atoms with Crippen molar-refractivity contribution < 1.29 is 4.52 Å². The quantitative estimate of drug-likeness (QED) is 0.644. The molecule has 11 heavy (non-hydrogen) atoms. The Bertz CT molecular complexity index is 279. The first-order chi connectivity index (χ1) is 4.97. The Labute approximate surface area is 64.4 Å². The van der Waals surface area contributed by atoms with Crippen LogP contribution in [-0.4, -0.2) is 10.7 Å². The third kappa shape index (κ3) is 2.59. The second kappa shape index (κ2) is 2.54. The standard InChI is InChI=1S/C7H12N2O2/c1-7(2,8)4-5-3-6(10)11-9-5/h3,9H,4,8H2,1-2H3. The topological polar surface area (TPSA) is 72.0 Å². The molecule has 0 amide bonds. The van der Waals surface area contributed by atoms with Gasteiger partial charge in [-0.1, -0.05) is 0 Å². The van der Waals surface area contributed by atoms with E-state index in [9.17, 15) is 4.79 Å². The van der Waals surface area contributed by atoms with Crippen LogP contribution in [0.2, 0.25) is 0 Å². The lowest BCUT2D eigenvalue weighted by atomic mass is 10.0. The predicted octanol–water partition coefficient (Wildman–Crippen LogP) is 0.248. The van der Waals surface area contributed by atoms with Crippen molar-refractivity contribution in [1.82, 2.24) is 5.16 Å². The van der Waals surface area contributed by atoms with E-state index < -0.39 is 0 Å². The Balaban J connectivity index is 2.73. The molecular formula is C7H12N2O2. The fraction of sp³-hybridized carbons (Fsp3) is 0.571. The van der Waals surface area contributed by atoms with E-state index in [2.05, 4.69) is 9.68 Å². The maximum Gasteiger partial charge on any atom is 0.357 e. The summed E-state index contributed by atoms with van der Waals surface area (Å²) in [6.45, 7) is 3.77. The Hall–Kier alpha value is -1.03. The Kier molecular flexibility index (Phi) is 1.87. The summed E-state index contributed by atoms with van der Waals surface area (Å²) < 4.78 is 4.47. The van der Waals surface area contributed by atoms with Gasteiger partial charge in [0.05, 0.1) is 5.69 Å². The molecule has 0 radical (unpaired) electrons. The van der Waals surface area contributed by atoms with Crippen molar-refractivity contribution in [3.63, 3.8) is 0 Å². The molecule has 0 atom stereocenters. The number of hydrogen-bond donors (Lipinski definition) is 2. The summed E-state index contributed by atoms with van der Waals surface area (Å²) in [6.07, 6.45) is 0.610. The first-order valence-electron chi connectivity index (χ1n) is 3.44. The first kappa shape index (κ1) is 8.07. The lowest BCUT2D eigenvalue weighted by Gasteiger charge is -2.15. The Morgan fingerprint density at radius 3 is 2.73 bits per heavy atom. The van der Waals surface area contributed by atoms with Gasteiger partial charge in [0.2, 0.25) is 0 Å². The van der Waals surface area contributed by atoms with E-state index in [4.69, 9.17) is 5.73 Å². The minimum Gasteiger partial charge on any atom is -0.339 e. The summed E-state index contributed by atoms with van der Waals surface area (Å²) in [7, 11) is 0. The second-order valence-electron chi connectivity index (χ2n) is 3.36. The molecule has 0 saturated heterocycles. The summed E-state index contributed by atoms with van der Waals surface area (Å²) in [5.41, 5.74) is 5.78. The molecule has 0 spiro atoms. The highest BCUT2D eigenvalue weighted by Gasteiger charge is 2.13. The van der Waals surface area contributed by atoms with Crippen LogP contribution >= 0.6 is 0 Å². The molecule has 0 aliphatic carbocycles. The zero-order valence-corrected chi connectivity index (χ0v) is 6.68. The highest BCUT2D eigenvalue weighted by atomic mass is 16.5. The zero-order valence-electron chi connectivity index (χ0n) is 6.68. The number of rotatable bonds is 2. The normalized spacial score (nSPS) is 11.9. The highest BCUT2D eigenvalue weighted by molar-refractivity contribution is 5.00. The molecule has 0 fully saturated rings. The van der Waals surface area contributed by atoms with Gasteiger partial charge in [-0.05, 0) is 13.8 Å². The van der Waals surface area contributed by atoms with Crippen LogP contribution in [0.15, 0.2) is 15.4 Å². The predicted molar refractivity (Wildman–Crippen MR) is 41.3 cm³/mol. The SMILES string of the molecule is CC(C)(N)Cc1cc(=O)o[nH]1. The van der Waals surface area contributed by atoms with Gasteiger partial charge in [-0.3, -0.25) is 0 Å². The van der Waals surface area contributed by atoms with Gasteiger partial charge < -0.3 is 10.3 Å². The summed E-state index contributed by atoms with van der Waals surface area (Å²) in [4.78, 5) is 10.5. The van der Waals surface area contributed by atoms with Crippen LogP contribution in [0.25, 0.3) is 0 Å². The summed E-state index contributed by atoms with van der Waals surface area (Å²) in [6, 6.07) is 1.41. The highest BCUT2D eigenvalue weighted by Crippen LogP contribution is 2.04. The van der Waals surface area contributed by atoms with Crippen LogP contribution in [0.5, 0.6) is 0 Å². The van der Waals surface area contributed by atoms with Crippen molar-refractivity contribution in [2.45, 2.75) is 25.8 Å². The molecule has 3 N–H and O–H groups in total. The number of nitrogens with two attached hydrogens (primary N) is 1. The van der Waals surface area contributed by atoms with Crippen molar-refractivity contribution in [3.8, 4) is 0 Å². The van der Waals surface area contributed by atoms with Gasteiger partial charge in [-0.25, -0.2) is 9.95 Å². The smallest absolute Gasteiger partial charge is 0.339 e. The minimum absolute atomic E-state index is 0.313. The molecule has 0 unspecified atom stereocenters. The summed E-state index contributed by atoms with van der Waals surface area (Å²) >= 11 is 0. The number of nitrogens with one attached hydrogen (secondary N) is 1. The van der Waals surface area contributed by atoms with Crippen molar-refractivity contribution >= 4 is 0 Å². The number of aromatic amines is 1. The van der Waals surface area contributed by atoms with Crippen LogP contribution < -0.4 is 11.4 Å². The molecule has 62 valence electrons. The monoisotopic (exact) mass is 156 g/mol. The largest absolute Gasteiger partial charge is 0.357 e. The van der Waals surface area contributed by atoms with Crippen LogP contribution in [0.3, 0.4) is 0 Å². The first-order valence-corrected chi connectivity index (χ1v) is 3.44. The Morgan fingerprint density at radius 2 is 2.36 bits per heavy atom. The second-order valence-corrected chi connectivity index (χ2v) is 3.36. The van der Waals surface area contributed by atoms with Gasteiger partial charge >= 0.3 is 5.63 Å². The molecule has 0 aliphatic rings. The minimum atomic E-state index is -0.357. The number of hydrogen-bond acceptors (Lipinski definition) is 3. The van der Waals surface area contributed by atoms with E-state index >= 15 is 0 Å². The average molecular weight is 156 g/mol. The fourth-order valence-electron chi connectivity index (χ4n) is 0.895. The molecule has 1 rings (SSSR count). The van der Waals surface area contributed by atoms with Gasteiger partial charge in [0, 0.05) is 18.0 Å². The zero-order chi connectivity index (χ0) is 8.48. The fourth-order valence-corrected chi connectivity index (χ4v) is 0.895. The maximum absolute atomic E-state index is 10.5. The van der Waals surface area contributed by atoms with E-state index in [1.165, 1.54) is 6.07 Å². The lowest BCUT2D eigenvalue weighted by Crippen LogP contribution is -2.34. The molecule has 0 aliphatic heterocycles. The van der Waals surface area contributed by atoms with Crippen molar-refractivity contribution in [3.05, 3.63) is 22.2 Å². The Morgan fingerprint density at radius 1 is 1.73 bits per heavy atom.